The normalized spacial score (nSPS) is 16.0. The minimum Gasteiger partial charge on any atom is -0.462 e. The predicted molar refractivity (Wildman–Crippen MR) is 119 cm³/mol. The summed E-state index contributed by atoms with van der Waals surface area (Å²) >= 11 is 1.62. The lowest BCUT2D eigenvalue weighted by molar-refractivity contribution is 0.0526. The van der Waals surface area contributed by atoms with E-state index in [2.05, 4.69) is 10.7 Å². The summed E-state index contributed by atoms with van der Waals surface area (Å²) < 4.78 is 32.1. The molecule has 0 spiro atoms. The van der Waals surface area contributed by atoms with Gasteiger partial charge in [0.05, 0.1) is 17.1 Å². The van der Waals surface area contributed by atoms with Crippen LogP contribution in [0.15, 0.2) is 46.0 Å². The number of ether oxygens (including phenoxy) is 1. The van der Waals surface area contributed by atoms with E-state index in [1.165, 1.54) is 34.1 Å². The van der Waals surface area contributed by atoms with Crippen LogP contribution >= 0.6 is 11.3 Å². The van der Waals surface area contributed by atoms with Crippen LogP contribution < -0.4 is 5.32 Å². The fraction of sp³-hybridized carbons (Fsp3) is 0.429. The first-order valence-electron chi connectivity index (χ1n) is 10.1. The molecule has 1 unspecified atom stereocenters. The minimum atomic E-state index is -3.70. The Morgan fingerprint density at radius 3 is 2.39 bits per heavy atom. The molecule has 0 radical (unpaired) electrons. The van der Waals surface area contributed by atoms with Crippen LogP contribution in [0.2, 0.25) is 0 Å². The maximum Gasteiger partial charge on any atom is 0.338 e. The highest BCUT2D eigenvalue weighted by Crippen LogP contribution is 2.19. The molecular weight excluding hydrogens is 438 g/mol. The van der Waals surface area contributed by atoms with Crippen molar-refractivity contribution in [1.82, 2.24) is 14.5 Å². The minimum absolute atomic E-state index is 0.0122. The number of sulfonamides is 1. The van der Waals surface area contributed by atoms with Crippen LogP contribution in [-0.2, 0) is 21.2 Å². The van der Waals surface area contributed by atoms with Crippen molar-refractivity contribution < 1.29 is 22.7 Å². The molecule has 2 aromatic rings. The Balaban J connectivity index is 1.54. The molecule has 2 amide bonds. The van der Waals surface area contributed by atoms with Gasteiger partial charge in [-0.1, -0.05) is 0 Å². The summed E-state index contributed by atoms with van der Waals surface area (Å²) in [6.45, 7) is 4.98. The Bertz CT molecular complexity index is 983. The molecule has 1 atom stereocenters. The van der Waals surface area contributed by atoms with Crippen molar-refractivity contribution in [2.75, 3.05) is 32.8 Å². The smallest absolute Gasteiger partial charge is 0.338 e. The quantitative estimate of drug-likeness (QED) is 0.634. The number of rotatable bonds is 7. The average molecular weight is 466 g/mol. The number of amides is 2. The number of hydrogen-bond acceptors (Lipinski definition) is 6. The number of carbonyl (C=O) groups excluding carboxylic acids is 2. The van der Waals surface area contributed by atoms with E-state index in [9.17, 15) is 18.0 Å². The topological polar surface area (TPSA) is 96.0 Å². The van der Waals surface area contributed by atoms with Crippen LogP contribution in [0, 0.1) is 0 Å². The highest BCUT2D eigenvalue weighted by molar-refractivity contribution is 7.89. The van der Waals surface area contributed by atoms with E-state index in [1.54, 1.807) is 23.2 Å². The van der Waals surface area contributed by atoms with Crippen LogP contribution in [0.25, 0.3) is 0 Å². The van der Waals surface area contributed by atoms with E-state index in [0.717, 1.165) is 6.42 Å². The van der Waals surface area contributed by atoms with Gasteiger partial charge in [-0.3, -0.25) is 0 Å². The molecule has 1 aliphatic rings. The van der Waals surface area contributed by atoms with Crippen LogP contribution in [0.4, 0.5) is 4.79 Å². The first kappa shape index (κ1) is 23.2. The third-order valence-electron chi connectivity index (χ3n) is 5.02. The molecule has 1 saturated heterocycles. The van der Waals surface area contributed by atoms with E-state index >= 15 is 0 Å². The van der Waals surface area contributed by atoms with Crippen LogP contribution in [0.1, 0.15) is 29.8 Å². The standard InChI is InChI=1S/C21H27N3O5S2/c1-3-29-20(25)18-4-6-19(7-5-18)31(27,28)24-11-9-23(10-12-24)21(26)22-16(2)14-17-8-13-30-15-17/h4-8,13,15-16H,3,9-12,14H2,1-2H3,(H,22,26). The number of hydrogen-bond donors (Lipinski definition) is 1. The third kappa shape index (κ3) is 5.84. The molecule has 1 N–H and O–H groups in total. The fourth-order valence-corrected chi connectivity index (χ4v) is 5.48. The molecule has 0 bridgehead atoms. The van der Waals surface area contributed by atoms with Crippen LogP contribution in [0.3, 0.4) is 0 Å². The number of benzene rings is 1. The molecule has 1 aliphatic heterocycles. The molecule has 10 heteroatoms. The Morgan fingerprint density at radius 2 is 1.81 bits per heavy atom. The molecule has 168 valence electrons. The van der Waals surface area contributed by atoms with Crippen LogP contribution in [0.5, 0.6) is 0 Å². The second-order valence-electron chi connectivity index (χ2n) is 7.32. The van der Waals surface area contributed by atoms with Crippen molar-refractivity contribution in [1.29, 1.82) is 0 Å². The highest BCUT2D eigenvalue weighted by Gasteiger charge is 2.30. The van der Waals surface area contributed by atoms with Crippen molar-refractivity contribution in [3.63, 3.8) is 0 Å². The van der Waals surface area contributed by atoms with Gasteiger partial charge in [0, 0.05) is 32.2 Å². The molecule has 0 saturated carbocycles. The molecule has 31 heavy (non-hydrogen) atoms. The van der Waals surface area contributed by atoms with Crippen molar-refractivity contribution in [3.05, 3.63) is 52.2 Å². The van der Waals surface area contributed by atoms with Gasteiger partial charge < -0.3 is 15.0 Å². The molecule has 3 rings (SSSR count). The number of esters is 1. The first-order valence-corrected chi connectivity index (χ1v) is 12.5. The molecule has 1 aromatic carbocycles. The Kier molecular flexibility index (Phi) is 7.69. The third-order valence-corrected chi connectivity index (χ3v) is 7.67. The Labute approximate surface area is 186 Å². The SMILES string of the molecule is CCOC(=O)c1ccc(S(=O)(=O)N2CCN(C(=O)NC(C)Cc3ccsc3)CC2)cc1. The number of nitrogens with one attached hydrogen (secondary N) is 1. The fourth-order valence-electron chi connectivity index (χ4n) is 3.37. The Morgan fingerprint density at radius 1 is 1.13 bits per heavy atom. The predicted octanol–water partition coefficient (Wildman–Crippen LogP) is 2.57. The molecule has 0 aliphatic carbocycles. The van der Waals surface area contributed by atoms with Crippen molar-refractivity contribution >= 4 is 33.4 Å². The summed E-state index contributed by atoms with van der Waals surface area (Å²) in [5.74, 6) is -0.487. The second kappa shape index (κ2) is 10.3. The van der Waals surface area contributed by atoms with E-state index < -0.39 is 16.0 Å². The van der Waals surface area contributed by atoms with Gasteiger partial charge in [-0.2, -0.15) is 15.6 Å². The number of thiophene rings is 1. The largest absolute Gasteiger partial charge is 0.462 e. The Hall–Kier alpha value is -2.43. The summed E-state index contributed by atoms with van der Waals surface area (Å²) in [4.78, 5) is 26.0. The maximum atomic E-state index is 12.9. The van der Waals surface area contributed by atoms with E-state index in [4.69, 9.17) is 4.74 Å². The zero-order chi connectivity index (χ0) is 22.4. The molecule has 8 nitrogen and oxygen atoms in total. The summed E-state index contributed by atoms with van der Waals surface area (Å²) in [5, 5.41) is 7.05. The van der Waals surface area contributed by atoms with Gasteiger partial charge >= 0.3 is 12.0 Å². The van der Waals surface area contributed by atoms with Gasteiger partial charge in [0.15, 0.2) is 0 Å². The van der Waals surface area contributed by atoms with Crippen molar-refractivity contribution in [2.45, 2.75) is 31.2 Å². The van der Waals surface area contributed by atoms with Gasteiger partial charge in [0.1, 0.15) is 0 Å². The number of carbonyl (C=O) groups is 2. The van der Waals surface area contributed by atoms with Crippen molar-refractivity contribution in [2.24, 2.45) is 0 Å². The maximum absolute atomic E-state index is 12.9. The first-order chi connectivity index (χ1) is 14.8. The number of urea groups is 1. The summed E-state index contributed by atoms with van der Waals surface area (Å²) in [5.41, 5.74) is 1.49. The zero-order valence-corrected chi connectivity index (χ0v) is 19.2. The highest BCUT2D eigenvalue weighted by atomic mass is 32.2. The number of nitrogens with zero attached hydrogens (tertiary/aromatic N) is 2. The van der Waals surface area contributed by atoms with E-state index in [1.807, 2.05) is 18.4 Å². The lowest BCUT2D eigenvalue weighted by Crippen LogP contribution is -2.54. The monoisotopic (exact) mass is 465 g/mol. The van der Waals surface area contributed by atoms with Crippen LogP contribution in [-0.4, -0.2) is 68.5 Å². The zero-order valence-electron chi connectivity index (χ0n) is 17.6. The van der Waals surface area contributed by atoms with Gasteiger partial charge in [0.25, 0.3) is 0 Å². The van der Waals surface area contributed by atoms with Gasteiger partial charge in [0.2, 0.25) is 10.0 Å². The van der Waals surface area contributed by atoms with Gasteiger partial charge in [-0.15, -0.1) is 0 Å². The molecule has 2 heterocycles. The second-order valence-corrected chi connectivity index (χ2v) is 10.0. The van der Waals surface area contributed by atoms with Gasteiger partial charge in [-0.05, 0) is 66.9 Å². The van der Waals surface area contributed by atoms with Gasteiger partial charge in [-0.25, -0.2) is 18.0 Å². The number of piperazine rings is 1. The summed E-state index contributed by atoms with van der Waals surface area (Å²) in [6.07, 6.45) is 0.755. The average Bonchev–Trinajstić information content (AvgIpc) is 3.27. The lowest BCUT2D eigenvalue weighted by Gasteiger charge is -2.34. The molecule has 1 aromatic heterocycles. The van der Waals surface area contributed by atoms with E-state index in [-0.39, 0.29) is 36.7 Å². The summed E-state index contributed by atoms with van der Waals surface area (Å²) in [6, 6.07) is 7.56. The molecule has 1 fully saturated rings. The van der Waals surface area contributed by atoms with Crippen molar-refractivity contribution in [3.8, 4) is 0 Å². The summed E-state index contributed by atoms with van der Waals surface area (Å²) in [7, 11) is -3.70. The lowest BCUT2D eigenvalue weighted by atomic mass is 10.1. The van der Waals surface area contributed by atoms with E-state index in [0.29, 0.717) is 18.7 Å². The molecular formula is C21H27N3O5S2.